The highest BCUT2D eigenvalue weighted by Gasteiger charge is 2.00. The zero-order valence-corrected chi connectivity index (χ0v) is 5.34. The molecular formula is C6H6N3. The van der Waals surface area contributed by atoms with Crippen LogP contribution in [0.4, 0.5) is 0 Å². The first-order valence-electron chi connectivity index (χ1n) is 2.57. The molecule has 1 radical (unpaired) electrons. The summed E-state index contributed by atoms with van der Waals surface area (Å²) in [4.78, 5) is 0. The third kappa shape index (κ3) is 0.789. The van der Waals surface area contributed by atoms with E-state index in [4.69, 9.17) is 5.26 Å². The molecule has 0 aliphatic carbocycles. The minimum atomic E-state index is 0.525. The number of aryl methyl sites for hydroxylation is 1. The highest BCUT2D eigenvalue weighted by molar-refractivity contribution is 5.28. The lowest BCUT2D eigenvalue weighted by molar-refractivity contribution is 0.738. The van der Waals surface area contributed by atoms with Gasteiger partial charge in [-0.25, -0.2) is 0 Å². The Hall–Kier alpha value is -1.30. The van der Waals surface area contributed by atoms with Crippen LogP contribution in [-0.2, 0) is 7.05 Å². The smallest absolute Gasteiger partial charge is 0.132 e. The Morgan fingerprint density at radius 2 is 2.44 bits per heavy atom. The molecule has 0 saturated carbocycles. The van der Waals surface area contributed by atoms with E-state index >= 15 is 0 Å². The first-order valence-corrected chi connectivity index (χ1v) is 2.57. The fraction of sp³-hybridized carbons (Fsp3) is 0.333. The van der Waals surface area contributed by atoms with Gasteiger partial charge in [0.25, 0.3) is 0 Å². The van der Waals surface area contributed by atoms with Gasteiger partial charge in [-0.2, -0.15) is 10.4 Å². The van der Waals surface area contributed by atoms with Gasteiger partial charge in [0.15, 0.2) is 0 Å². The van der Waals surface area contributed by atoms with E-state index in [1.165, 1.54) is 0 Å². The molecule has 0 atom stereocenters. The van der Waals surface area contributed by atoms with Crippen molar-refractivity contribution in [3.05, 3.63) is 17.5 Å². The van der Waals surface area contributed by atoms with E-state index < -0.39 is 0 Å². The lowest BCUT2D eigenvalue weighted by atomic mass is 10.3. The zero-order chi connectivity index (χ0) is 6.85. The summed E-state index contributed by atoms with van der Waals surface area (Å²) in [7, 11) is 1.78. The summed E-state index contributed by atoms with van der Waals surface area (Å²) < 4.78 is 1.62. The predicted octanol–water partition coefficient (Wildman–Crippen LogP) is 0.400. The topological polar surface area (TPSA) is 41.6 Å². The normalized spacial score (nSPS) is 9.00. The monoisotopic (exact) mass is 120 g/mol. The van der Waals surface area contributed by atoms with Crippen molar-refractivity contribution in [3.63, 3.8) is 0 Å². The van der Waals surface area contributed by atoms with Crippen molar-refractivity contribution in [2.24, 2.45) is 7.05 Å². The Bertz CT molecular complexity index is 254. The fourth-order valence-corrected chi connectivity index (χ4v) is 0.549. The van der Waals surface area contributed by atoms with Gasteiger partial charge in [0.05, 0.1) is 5.69 Å². The van der Waals surface area contributed by atoms with E-state index in [1.54, 1.807) is 11.7 Å². The molecule has 0 bridgehead atoms. The van der Waals surface area contributed by atoms with Crippen molar-refractivity contribution in [2.45, 2.75) is 6.92 Å². The molecule has 0 unspecified atom stereocenters. The molecule has 3 heteroatoms. The zero-order valence-electron chi connectivity index (χ0n) is 5.34. The minimum absolute atomic E-state index is 0.525. The van der Waals surface area contributed by atoms with E-state index in [2.05, 4.69) is 11.3 Å². The van der Waals surface area contributed by atoms with Gasteiger partial charge in [-0.3, -0.25) is 4.68 Å². The molecule has 1 heterocycles. The number of rotatable bonds is 0. The highest BCUT2D eigenvalue weighted by Crippen LogP contribution is 2.00. The largest absolute Gasteiger partial charge is 0.271 e. The predicted molar refractivity (Wildman–Crippen MR) is 31.5 cm³/mol. The molecule has 0 fully saturated rings. The number of aromatic nitrogens is 2. The maximum atomic E-state index is 8.40. The van der Waals surface area contributed by atoms with Crippen LogP contribution in [0.5, 0.6) is 0 Å². The second kappa shape index (κ2) is 1.90. The summed E-state index contributed by atoms with van der Waals surface area (Å²) in [5.41, 5.74) is 1.38. The SMILES string of the molecule is Cc1c(C#N)[c]nn1C. The van der Waals surface area contributed by atoms with E-state index in [0.717, 1.165) is 5.69 Å². The maximum Gasteiger partial charge on any atom is 0.132 e. The summed E-state index contributed by atoms with van der Waals surface area (Å²) in [5.74, 6) is 0. The summed E-state index contributed by atoms with van der Waals surface area (Å²) in [5, 5.41) is 12.2. The van der Waals surface area contributed by atoms with Crippen molar-refractivity contribution in [1.29, 1.82) is 5.26 Å². The Balaban J connectivity index is 3.24. The first-order chi connectivity index (χ1) is 4.25. The molecule has 0 spiro atoms. The molecule has 0 aromatic carbocycles. The summed E-state index contributed by atoms with van der Waals surface area (Å²) >= 11 is 0. The number of hydrogen-bond acceptors (Lipinski definition) is 2. The summed E-state index contributed by atoms with van der Waals surface area (Å²) in [6.45, 7) is 1.84. The molecule has 0 aliphatic heterocycles. The molecule has 45 valence electrons. The lowest BCUT2D eigenvalue weighted by Gasteiger charge is -1.89. The van der Waals surface area contributed by atoms with Gasteiger partial charge in [-0.05, 0) is 6.92 Å². The molecule has 0 N–H and O–H groups in total. The molecule has 0 saturated heterocycles. The van der Waals surface area contributed by atoms with Crippen LogP contribution in [0.3, 0.4) is 0 Å². The average Bonchev–Trinajstić information content (AvgIpc) is 2.15. The highest BCUT2D eigenvalue weighted by atomic mass is 15.3. The molecule has 1 rings (SSSR count). The van der Waals surface area contributed by atoms with E-state index in [-0.39, 0.29) is 0 Å². The quantitative estimate of drug-likeness (QED) is 0.497. The summed E-state index contributed by atoms with van der Waals surface area (Å²) in [6, 6.07) is 1.98. The van der Waals surface area contributed by atoms with Crippen molar-refractivity contribution in [2.75, 3.05) is 0 Å². The molecule has 0 aliphatic rings. The van der Waals surface area contributed by atoms with Gasteiger partial charge in [-0.15, -0.1) is 0 Å². The number of nitriles is 1. The molecule has 3 nitrogen and oxygen atoms in total. The van der Waals surface area contributed by atoms with Crippen LogP contribution >= 0.6 is 0 Å². The average molecular weight is 120 g/mol. The Kier molecular flexibility index (Phi) is 1.23. The number of nitrogens with zero attached hydrogens (tertiary/aromatic N) is 3. The van der Waals surface area contributed by atoms with Crippen molar-refractivity contribution >= 4 is 0 Å². The van der Waals surface area contributed by atoms with Crippen LogP contribution in [-0.4, -0.2) is 9.78 Å². The van der Waals surface area contributed by atoms with E-state index in [1.807, 2.05) is 13.0 Å². The minimum Gasteiger partial charge on any atom is -0.271 e. The third-order valence-corrected chi connectivity index (χ3v) is 1.27. The van der Waals surface area contributed by atoms with Crippen LogP contribution in [0, 0.1) is 24.5 Å². The van der Waals surface area contributed by atoms with Gasteiger partial charge in [0.1, 0.15) is 17.8 Å². The van der Waals surface area contributed by atoms with Crippen molar-refractivity contribution in [3.8, 4) is 6.07 Å². The molecule has 1 aromatic heterocycles. The van der Waals surface area contributed by atoms with Crippen LogP contribution in [0.2, 0.25) is 0 Å². The Morgan fingerprint density at radius 1 is 1.78 bits per heavy atom. The van der Waals surface area contributed by atoms with Crippen LogP contribution in [0.15, 0.2) is 0 Å². The van der Waals surface area contributed by atoms with Gasteiger partial charge >= 0.3 is 0 Å². The van der Waals surface area contributed by atoms with Gasteiger partial charge in [0, 0.05) is 7.05 Å². The van der Waals surface area contributed by atoms with Crippen LogP contribution in [0.25, 0.3) is 0 Å². The fourth-order valence-electron chi connectivity index (χ4n) is 0.549. The summed E-state index contributed by atoms with van der Waals surface area (Å²) in [6.07, 6.45) is 2.58. The van der Waals surface area contributed by atoms with Crippen LogP contribution in [0.1, 0.15) is 11.3 Å². The molecule has 9 heavy (non-hydrogen) atoms. The second-order valence-corrected chi connectivity index (χ2v) is 1.81. The maximum absolute atomic E-state index is 8.40. The van der Waals surface area contributed by atoms with Gasteiger partial charge in [0.2, 0.25) is 0 Å². The first kappa shape index (κ1) is 5.83. The standard InChI is InChI=1S/C6H6N3/c1-5-6(3-7)4-8-9(5)2/h1-2H3. The van der Waals surface area contributed by atoms with E-state index in [0.29, 0.717) is 5.56 Å². The Morgan fingerprint density at radius 3 is 2.67 bits per heavy atom. The molecular weight excluding hydrogens is 114 g/mol. The van der Waals surface area contributed by atoms with Gasteiger partial charge < -0.3 is 0 Å². The van der Waals surface area contributed by atoms with Crippen molar-refractivity contribution < 1.29 is 0 Å². The third-order valence-electron chi connectivity index (χ3n) is 1.27. The van der Waals surface area contributed by atoms with E-state index in [9.17, 15) is 0 Å². The van der Waals surface area contributed by atoms with Crippen molar-refractivity contribution in [1.82, 2.24) is 9.78 Å². The molecule has 0 amide bonds. The number of hydrogen-bond donors (Lipinski definition) is 0. The second-order valence-electron chi connectivity index (χ2n) is 1.81. The molecule has 1 aromatic rings. The van der Waals surface area contributed by atoms with Gasteiger partial charge in [-0.1, -0.05) is 0 Å². The Labute approximate surface area is 53.5 Å². The van der Waals surface area contributed by atoms with Crippen LogP contribution < -0.4 is 0 Å². The lowest BCUT2D eigenvalue weighted by Crippen LogP contribution is -1.92.